The van der Waals surface area contributed by atoms with Gasteiger partial charge in [0.15, 0.2) is 0 Å². The third-order valence-electron chi connectivity index (χ3n) is 3.70. The minimum atomic E-state index is 0.496. The van der Waals surface area contributed by atoms with Gasteiger partial charge in [0.05, 0.1) is 0 Å². The Morgan fingerprint density at radius 2 is 1.50 bits per heavy atom. The van der Waals surface area contributed by atoms with E-state index in [4.69, 9.17) is 0 Å². The van der Waals surface area contributed by atoms with E-state index < -0.39 is 0 Å². The van der Waals surface area contributed by atoms with Gasteiger partial charge in [-0.25, -0.2) is 0 Å². The molecule has 0 aromatic carbocycles. The number of hydrogen-bond donors (Lipinski definition) is 0. The maximum absolute atomic E-state index is 2.47. The molecule has 0 spiro atoms. The molecule has 88 valence electrons. The van der Waals surface area contributed by atoms with Crippen molar-refractivity contribution in [1.82, 2.24) is 0 Å². The Hall–Kier alpha value is -0.780. The summed E-state index contributed by atoms with van der Waals surface area (Å²) in [4.78, 5) is 0. The number of rotatable bonds is 1. The van der Waals surface area contributed by atoms with Crippen LogP contribution in [0.5, 0.6) is 0 Å². The van der Waals surface area contributed by atoms with Gasteiger partial charge in [-0.2, -0.15) is 0 Å². The predicted molar refractivity (Wildman–Crippen MR) is 71.3 cm³/mol. The standard InChI is InChI=1S/C16H24/c1-15(2)10-14(11-16(3,4)12-15)9-13-7-5-6-8-13/h5-9,14H,10-12H2,1-4H3. The lowest BCUT2D eigenvalue weighted by Gasteiger charge is -2.44. The Morgan fingerprint density at radius 3 is 2.00 bits per heavy atom. The first kappa shape index (κ1) is 11.7. The predicted octanol–water partition coefficient (Wildman–Crippen LogP) is 4.89. The van der Waals surface area contributed by atoms with Gasteiger partial charge in [0.25, 0.3) is 0 Å². The summed E-state index contributed by atoms with van der Waals surface area (Å²) in [7, 11) is 0. The third-order valence-corrected chi connectivity index (χ3v) is 3.70. The zero-order chi connectivity index (χ0) is 11.8. The summed E-state index contributed by atoms with van der Waals surface area (Å²) in [6.45, 7) is 9.67. The van der Waals surface area contributed by atoms with Gasteiger partial charge in [0, 0.05) is 0 Å². The molecule has 16 heavy (non-hydrogen) atoms. The highest BCUT2D eigenvalue weighted by Gasteiger charge is 2.37. The zero-order valence-corrected chi connectivity index (χ0v) is 11.1. The fraction of sp³-hybridized carbons (Fsp3) is 0.625. The van der Waals surface area contributed by atoms with Crippen molar-refractivity contribution in [1.29, 1.82) is 0 Å². The van der Waals surface area contributed by atoms with Crippen molar-refractivity contribution in [3.8, 4) is 0 Å². The molecule has 0 unspecified atom stereocenters. The van der Waals surface area contributed by atoms with Crippen LogP contribution in [0.1, 0.15) is 47.0 Å². The van der Waals surface area contributed by atoms with Crippen LogP contribution < -0.4 is 0 Å². The first-order chi connectivity index (χ1) is 7.36. The van der Waals surface area contributed by atoms with Crippen LogP contribution in [0.4, 0.5) is 0 Å². The quantitative estimate of drug-likeness (QED) is 0.585. The molecule has 0 amide bonds. The van der Waals surface area contributed by atoms with E-state index in [2.05, 4.69) is 58.1 Å². The highest BCUT2D eigenvalue weighted by Crippen LogP contribution is 2.48. The molecule has 1 fully saturated rings. The van der Waals surface area contributed by atoms with Crippen LogP contribution in [0.15, 0.2) is 36.0 Å². The molecular formula is C16H24. The second-order valence-electron chi connectivity index (χ2n) is 7.06. The van der Waals surface area contributed by atoms with Gasteiger partial charge >= 0.3 is 0 Å². The van der Waals surface area contributed by atoms with Crippen molar-refractivity contribution < 1.29 is 0 Å². The lowest BCUT2D eigenvalue weighted by Crippen LogP contribution is -2.33. The van der Waals surface area contributed by atoms with Gasteiger partial charge in [-0.15, -0.1) is 0 Å². The molecule has 0 nitrogen and oxygen atoms in total. The van der Waals surface area contributed by atoms with E-state index in [0.717, 1.165) is 5.92 Å². The van der Waals surface area contributed by atoms with E-state index >= 15 is 0 Å². The van der Waals surface area contributed by atoms with Crippen molar-refractivity contribution >= 4 is 0 Å². The van der Waals surface area contributed by atoms with Crippen molar-refractivity contribution in [2.45, 2.75) is 47.0 Å². The first-order valence-corrected chi connectivity index (χ1v) is 6.43. The molecule has 0 saturated heterocycles. The number of allylic oxidation sites excluding steroid dienone is 6. The molecule has 0 aromatic rings. The monoisotopic (exact) mass is 216 g/mol. The summed E-state index contributed by atoms with van der Waals surface area (Å²) < 4.78 is 0. The van der Waals surface area contributed by atoms with E-state index in [1.165, 1.54) is 24.8 Å². The van der Waals surface area contributed by atoms with Gasteiger partial charge in [-0.3, -0.25) is 0 Å². The topological polar surface area (TPSA) is 0 Å². The lowest BCUT2D eigenvalue weighted by molar-refractivity contribution is 0.0861. The first-order valence-electron chi connectivity index (χ1n) is 6.43. The maximum Gasteiger partial charge on any atom is -0.0214 e. The van der Waals surface area contributed by atoms with Crippen LogP contribution in [-0.4, -0.2) is 0 Å². The summed E-state index contributed by atoms with van der Waals surface area (Å²) in [5, 5.41) is 0. The van der Waals surface area contributed by atoms with Gasteiger partial charge in [-0.05, 0) is 41.6 Å². The summed E-state index contributed by atoms with van der Waals surface area (Å²) in [5.74, 6) is 0.751. The molecule has 2 aliphatic carbocycles. The Bertz CT molecular complexity index is 320. The minimum Gasteiger partial charge on any atom is -0.0741 e. The Balaban J connectivity index is 2.13. The van der Waals surface area contributed by atoms with Gasteiger partial charge in [-0.1, -0.05) is 58.1 Å². The molecule has 2 aliphatic rings. The van der Waals surface area contributed by atoms with E-state index in [0.29, 0.717) is 10.8 Å². The van der Waals surface area contributed by atoms with E-state index in [-0.39, 0.29) is 0 Å². The number of hydrogen-bond acceptors (Lipinski definition) is 0. The second kappa shape index (κ2) is 3.91. The third kappa shape index (κ3) is 2.87. The zero-order valence-electron chi connectivity index (χ0n) is 11.1. The summed E-state index contributed by atoms with van der Waals surface area (Å²) in [5.41, 5.74) is 2.39. The molecule has 1 saturated carbocycles. The fourth-order valence-electron chi connectivity index (χ4n) is 3.82. The van der Waals surface area contributed by atoms with Crippen molar-refractivity contribution in [2.24, 2.45) is 16.7 Å². The fourth-order valence-corrected chi connectivity index (χ4v) is 3.82. The van der Waals surface area contributed by atoms with Gasteiger partial charge < -0.3 is 0 Å². The summed E-state index contributed by atoms with van der Waals surface area (Å²) >= 11 is 0. The van der Waals surface area contributed by atoms with E-state index in [9.17, 15) is 0 Å². The van der Waals surface area contributed by atoms with Crippen LogP contribution >= 0.6 is 0 Å². The van der Waals surface area contributed by atoms with E-state index in [1.807, 2.05) is 0 Å². The highest BCUT2D eigenvalue weighted by atomic mass is 14.4. The molecule has 0 atom stereocenters. The van der Waals surface area contributed by atoms with Crippen molar-refractivity contribution in [3.05, 3.63) is 36.0 Å². The average Bonchev–Trinajstić information content (AvgIpc) is 2.49. The molecule has 0 radical (unpaired) electrons. The molecule has 0 bridgehead atoms. The maximum atomic E-state index is 2.47. The average molecular weight is 216 g/mol. The molecule has 0 heteroatoms. The van der Waals surface area contributed by atoms with Crippen molar-refractivity contribution in [2.75, 3.05) is 0 Å². The lowest BCUT2D eigenvalue weighted by atomic mass is 9.61. The highest BCUT2D eigenvalue weighted by molar-refractivity contribution is 5.40. The normalized spacial score (nSPS) is 27.4. The molecule has 2 rings (SSSR count). The molecule has 0 aromatic heterocycles. The van der Waals surface area contributed by atoms with Crippen LogP contribution in [0.2, 0.25) is 0 Å². The minimum absolute atomic E-state index is 0.496. The molecule has 0 aliphatic heterocycles. The van der Waals surface area contributed by atoms with Crippen LogP contribution in [0.3, 0.4) is 0 Å². The van der Waals surface area contributed by atoms with Crippen LogP contribution in [0.25, 0.3) is 0 Å². The van der Waals surface area contributed by atoms with Gasteiger partial charge in [0.2, 0.25) is 0 Å². The summed E-state index contributed by atoms with van der Waals surface area (Å²) in [6.07, 6.45) is 15.2. The molecule has 0 heterocycles. The van der Waals surface area contributed by atoms with Crippen molar-refractivity contribution in [3.63, 3.8) is 0 Å². The van der Waals surface area contributed by atoms with Crippen LogP contribution in [0, 0.1) is 16.7 Å². The molecular weight excluding hydrogens is 192 g/mol. The molecule has 0 N–H and O–H groups in total. The Labute approximate surface area is 100 Å². The van der Waals surface area contributed by atoms with E-state index in [1.54, 1.807) is 0 Å². The Morgan fingerprint density at radius 1 is 1.00 bits per heavy atom. The van der Waals surface area contributed by atoms with Gasteiger partial charge in [0.1, 0.15) is 0 Å². The summed E-state index contributed by atoms with van der Waals surface area (Å²) in [6, 6.07) is 0. The Kier molecular flexibility index (Phi) is 2.86. The largest absolute Gasteiger partial charge is 0.0741 e. The smallest absolute Gasteiger partial charge is 0.0214 e. The SMILES string of the molecule is CC1(C)CC(C=C2C=CC=C2)CC(C)(C)C1. The van der Waals surface area contributed by atoms with Crippen LogP contribution in [-0.2, 0) is 0 Å². The second-order valence-corrected chi connectivity index (χ2v) is 7.06.